The van der Waals surface area contributed by atoms with Gasteiger partial charge in [0, 0.05) is 16.5 Å². The molecule has 0 spiro atoms. The van der Waals surface area contributed by atoms with E-state index < -0.39 is 27.5 Å². The van der Waals surface area contributed by atoms with Crippen LogP contribution >= 0.6 is 23.4 Å². The smallest absolute Gasteiger partial charge is 0.248 e. The van der Waals surface area contributed by atoms with Gasteiger partial charge in [0.1, 0.15) is 11.8 Å². The van der Waals surface area contributed by atoms with E-state index in [1.165, 1.54) is 40.9 Å². The summed E-state index contributed by atoms with van der Waals surface area (Å²) in [5.41, 5.74) is 2.81. The number of benzene rings is 2. The Morgan fingerprint density at radius 3 is 2.48 bits per heavy atom. The van der Waals surface area contributed by atoms with Crippen LogP contribution in [-0.2, 0) is 19.4 Å². The van der Waals surface area contributed by atoms with E-state index in [1.807, 2.05) is 26.0 Å². The Kier molecular flexibility index (Phi) is 6.55. The van der Waals surface area contributed by atoms with Gasteiger partial charge in [-0.15, -0.1) is 11.8 Å². The van der Waals surface area contributed by atoms with Gasteiger partial charge in [-0.1, -0.05) is 17.7 Å². The molecule has 1 aliphatic heterocycles. The topological polar surface area (TPSA) is 83.6 Å². The van der Waals surface area contributed by atoms with E-state index in [0.29, 0.717) is 16.5 Å². The second-order valence-electron chi connectivity index (χ2n) is 6.88. The van der Waals surface area contributed by atoms with Crippen LogP contribution in [0.4, 0.5) is 5.69 Å². The summed E-state index contributed by atoms with van der Waals surface area (Å²) >= 11 is 7.21. The van der Waals surface area contributed by atoms with Crippen LogP contribution in [0.25, 0.3) is 0 Å². The molecule has 2 aromatic rings. The molecule has 1 heterocycles. The van der Waals surface area contributed by atoms with E-state index in [1.54, 1.807) is 6.07 Å². The van der Waals surface area contributed by atoms with Crippen molar-refractivity contribution in [3.05, 3.63) is 58.6 Å². The lowest BCUT2D eigenvalue weighted by Gasteiger charge is -2.23. The Hall–Kier alpha value is -2.03. The molecule has 0 saturated carbocycles. The van der Waals surface area contributed by atoms with E-state index in [0.717, 1.165) is 11.1 Å². The van der Waals surface area contributed by atoms with Crippen molar-refractivity contribution in [1.82, 2.24) is 4.90 Å². The monoisotopic (exact) mass is 452 g/mol. The van der Waals surface area contributed by atoms with Crippen LogP contribution in [0.1, 0.15) is 11.1 Å². The van der Waals surface area contributed by atoms with Gasteiger partial charge < -0.3 is 10.2 Å². The summed E-state index contributed by atoms with van der Waals surface area (Å²) in [5.74, 6) is -0.910. The predicted molar refractivity (Wildman–Crippen MR) is 116 cm³/mol. The van der Waals surface area contributed by atoms with E-state index >= 15 is 0 Å². The van der Waals surface area contributed by atoms with Crippen LogP contribution < -0.4 is 5.32 Å². The van der Waals surface area contributed by atoms with E-state index in [2.05, 4.69) is 5.32 Å². The summed E-state index contributed by atoms with van der Waals surface area (Å²) in [6.07, 6.45) is 0. The quantitative estimate of drug-likeness (QED) is 0.752. The zero-order valence-corrected chi connectivity index (χ0v) is 18.4. The van der Waals surface area contributed by atoms with Crippen LogP contribution in [0, 0.1) is 13.8 Å². The maximum atomic E-state index is 12.7. The van der Waals surface area contributed by atoms with Crippen molar-refractivity contribution in [3.8, 4) is 0 Å². The third-order valence-electron chi connectivity index (χ3n) is 4.77. The zero-order valence-electron chi connectivity index (χ0n) is 16.0. The number of rotatable bonds is 5. The lowest BCUT2D eigenvalue weighted by molar-refractivity contribution is -0.134. The van der Waals surface area contributed by atoms with Gasteiger partial charge in [-0.3, -0.25) is 9.59 Å². The van der Waals surface area contributed by atoms with Gasteiger partial charge in [-0.2, -0.15) is 0 Å². The maximum Gasteiger partial charge on any atom is 0.248 e. The van der Waals surface area contributed by atoms with Crippen LogP contribution in [0.15, 0.2) is 47.4 Å². The van der Waals surface area contributed by atoms with E-state index in [-0.39, 0.29) is 16.7 Å². The predicted octanol–water partition coefficient (Wildman–Crippen LogP) is 3.27. The molecule has 9 heteroatoms. The molecule has 1 N–H and O–H groups in total. The third-order valence-corrected chi connectivity index (χ3v) is 7.65. The second kappa shape index (κ2) is 8.77. The number of carbonyl (C=O) groups is 2. The number of thioether (sulfide) groups is 1. The highest BCUT2D eigenvalue weighted by molar-refractivity contribution is 7.99. The molecule has 0 radical (unpaired) electrons. The number of nitrogens with one attached hydrogen (secondary N) is 1. The first kappa shape index (κ1) is 21.7. The molecule has 1 unspecified atom stereocenters. The standard InChI is InChI=1S/C20H21ClN2O4S2/c1-13-3-6-16(9-14(13)2)22-20(25)18-10-28-12-23(18)19(24)11-29(26,27)17-7-4-15(21)5-8-17/h3-9,18H,10-12H2,1-2H3,(H,22,25). The SMILES string of the molecule is Cc1ccc(NC(=O)C2CSCN2C(=O)CS(=O)(=O)c2ccc(Cl)cc2)cc1C. The molecule has 0 aromatic heterocycles. The molecule has 2 amide bonds. The molecule has 0 bridgehead atoms. The first-order valence-electron chi connectivity index (χ1n) is 8.91. The first-order valence-corrected chi connectivity index (χ1v) is 12.1. The number of carbonyl (C=O) groups excluding carboxylic acids is 2. The Labute approximate surface area is 179 Å². The minimum atomic E-state index is -3.82. The number of hydrogen-bond acceptors (Lipinski definition) is 5. The second-order valence-corrected chi connectivity index (χ2v) is 10.3. The van der Waals surface area contributed by atoms with Crippen molar-refractivity contribution in [2.24, 2.45) is 0 Å². The molecule has 1 atom stereocenters. The Morgan fingerprint density at radius 2 is 1.83 bits per heavy atom. The van der Waals surface area contributed by atoms with Gasteiger partial charge >= 0.3 is 0 Å². The van der Waals surface area contributed by atoms with Crippen LogP contribution in [0.2, 0.25) is 5.02 Å². The fourth-order valence-electron chi connectivity index (χ4n) is 2.92. The van der Waals surface area contributed by atoms with Gasteiger partial charge in [-0.25, -0.2) is 8.42 Å². The number of anilines is 1. The molecule has 0 aliphatic carbocycles. The summed E-state index contributed by atoms with van der Waals surface area (Å²) in [4.78, 5) is 26.8. The number of hydrogen-bond donors (Lipinski definition) is 1. The molecular weight excluding hydrogens is 432 g/mol. The largest absolute Gasteiger partial charge is 0.324 e. The molecule has 2 aromatic carbocycles. The van der Waals surface area contributed by atoms with Gasteiger partial charge in [0.2, 0.25) is 11.8 Å². The normalized spacial score (nSPS) is 16.7. The fourth-order valence-corrected chi connectivity index (χ4v) is 5.44. The van der Waals surface area contributed by atoms with Crippen LogP contribution in [-0.4, -0.2) is 48.6 Å². The highest BCUT2D eigenvalue weighted by Crippen LogP contribution is 2.24. The summed E-state index contributed by atoms with van der Waals surface area (Å²) < 4.78 is 25.1. The maximum absolute atomic E-state index is 12.7. The van der Waals surface area contributed by atoms with Crippen molar-refractivity contribution in [2.75, 3.05) is 22.7 Å². The van der Waals surface area contributed by atoms with E-state index in [9.17, 15) is 18.0 Å². The van der Waals surface area contributed by atoms with Gasteiger partial charge in [0.25, 0.3) is 0 Å². The molecule has 154 valence electrons. The molecule has 3 rings (SSSR count). The molecule has 1 saturated heterocycles. The number of sulfone groups is 1. The van der Waals surface area contributed by atoms with Crippen LogP contribution in [0.5, 0.6) is 0 Å². The van der Waals surface area contributed by atoms with Gasteiger partial charge in [0.05, 0.1) is 10.8 Å². The van der Waals surface area contributed by atoms with Crippen LogP contribution in [0.3, 0.4) is 0 Å². The average Bonchev–Trinajstić information content (AvgIpc) is 3.15. The highest BCUT2D eigenvalue weighted by Gasteiger charge is 2.36. The third kappa shape index (κ3) is 5.12. The Balaban J connectivity index is 1.70. The number of nitrogens with zero attached hydrogens (tertiary/aromatic N) is 1. The zero-order chi connectivity index (χ0) is 21.2. The minimum Gasteiger partial charge on any atom is -0.324 e. The van der Waals surface area contributed by atoms with E-state index in [4.69, 9.17) is 11.6 Å². The van der Waals surface area contributed by atoms with Crippen molar-refractivity contribution in [2.45, 2.75) is 24.8 Å². The highest BCUT2D eigenvalue weighted by atomic mass is 35.5. The summed E-state index contributed by atoms with van der Waals surface area (Å²) in [6.45, 7) is 3.93. The molecule has 1 aliphatic rings. The molecular formula is C20H21ClN2O4S2. The van der Waals surface area contributed by atoms with Crippen molar-refractivity contribution in [3.63, 3.8) is 0 Å². The lowest BCUT2D eigenvalue weighted by atomic mass is 10.1. The van der Waals surface area contributed by atoms with Crippen molar-refractivity contribution in [1.29, 1.82) is 0 Å². The minimum absolute atomic E-state index is 0.0261. The molecule has 29 heavy (non-hydrogen) atoms. The molecule has 1 fully saturated rings. The number of aryl methyl sites for hydroxylation is 2. The lowest BCUT2D eigenvalue weighted by Crippen LogP contribution is -2.46. The molecule has 6 nitrogen and oxygen atoms in total. The first-order chi connectivity index (χ1) is 13.7. The van der Waals surface area contributed by atoms with Crippen molar-refractivity contribution >= 4 is 50.7 Å². The Bertz CT molecular complexity index is 1040. The summed E-state index contributed by atoms with van der Waals surface area (Å²) in [5, 5.41) is 3.24. The summed E-state index contributed by atoms with van der Waals surface area (Å²) in [7, 11) is -3.82. The van der Waals surface area contributed by atoms with Crippen molar-refractivity contribution < 1.29 is 18.0 Å². The van der Waals surface area contributed by atoms with Gasteiger partial charge in [0.15, 0.2) is 9.84 Å². The average molecular weight is 453 g/mol. The number of halogens is 1. The fraction of sp³-hybridized carbons (Fsp3) is 0.300. The Morgan fingerprint density at radius 1 is 1.14 bits per heavy atom. The summed E-state index contributed by atoms with van der Waals surface area (Å²) in [6, 6.07) is 10.5. The van der Waals surface area contributed by atoms with Gasteiger partial charge in [-0.05, 0) is 61.4 Å². The number of amides is 2.